The number of H-pyrrole nitrogens is 1. The molecule has 0 spiro atoms. The Hall–Kier alpha value is -4.45. The Morgan fingerprint density at radius 2 is 1.84 bits per heavy atom. The number of carbonyl (C=O) groups is 1. The Kier molecular flexibility index (Phi) is 5.20. The molecule has 9 nitrogen and oxygen atoms in total. The molecule has 0 fully saturated rings. The number of rotatable bonds is 5. The Labute approximate surface area is 176 Å². The van der Waals surface area contributed by atoms with Crippen LogP contribution in [0.1, 0.15) is 23.0 Å². The Morgan fingerprint density at radius 3 is 2.45 bits per heavy atom. The fraction of sp³-hybridized carbons (Fsp3) is 0.136. The normalized spacial score (nSPS) is 10.6. The van der Waals surface area contributed by atoms with Crippen molar-refractivity contribution >= 4 is 17.1 Å². The van der Waals surface area contributed by atoms with Crippen molar-refractivity contribution in [2.24, 2.45) is 0 Å². The molecule has 0 aliphatic heterocycles. The number of benzene rings is 2. The Balaban J connectivity index is 1.86. The SMILES string of the molecule is CCOc1ccc(-c2nc(C#N)c3[nH]c(=O)n(-c4ccc(C(=O)OC)cc4)c3n2)cc1. The fourth-order valence-electron chi connectivity index (χ4n) is 3.17. The molecule has 31 heavy (non-hydrogen) atoms. The lowest BCUT2D eigenvalue weighted by molar-refractivity contribution is 0.0600. The van der Waals surface area contributed by atoms with E-state index in [0.717, 1.165) is 0 Å². The summed E-state index contributed by atoms with van der Waals surface area (Å²) in [7, 11) is 1.29. The number of imidazole rings is 1. The third kappa shape index (κ3) is 3.62. The molecule has 0 saturated heterocycles. The molecule has 2 aromatic heterocycles. The van der Waals surface area contributed by atoms with Gasteiger partial charge in [0.05, 0.1) is 25.0 Å². The van der Waals surface area contributed by atoms with Gasteiger partial charge in [0, 0.05) is 5.56 Å². The number of hydrogen-bond donors (Lipinski definition) is 1. The quantitative estimate of drug-likeness (QED) is 0.497. The average Bonchev–Trinajstić information content (AvgIpc) is 3.14. The average molecular weight is 415 g/mol. The highest BCUT2D eigenvalue weighted by Crippen LogP contribution is 2.23. The van der Waals surface area contributed by atoms with Crippen LogP contribution in [0.5, 0.6) is 5.75 Å². The molecule has 0 amide bonds. The number of hydrogen-bond acceptors (Lipinski definition) is 7. The lowest BCUT2D eigenvalue weighted by Crippen LogP contribution is -2.15. The molecular weight excluding hydrogens is 398 g/mol. The first-order valence-electron chi connectivity index (χ1n) is 9.40. The maximum Gasteiger partial charge on any atom is 0.337 e. The molecule has 4 aromatic rings. The summed E-state index contributed by atoms with van der Waals surface area (Å²) in [5.41, 5.74) is 1.56. The minimum absolute atomic E-state index is 0.0518. The third-order valence-corrected chi connectivity index (χ3v) is 4.61. The van der Waals surface area contributed by atoms with Crippen LogP contribution in [0, 0.1) is 11.3 Å². The zero-order valence-electron chi connectivity index (χ0n) is 16.7. The molecule has 0 atom stereocenters. The topological polar surface area (TPSA) is 123 Å². The number of ether oxygens (including phenoxy) is 2. The highest BCUT2D eigenvalue weighted by Gasteiger charge is 2.18. The first-order valence-corrected chi connectivity index (χ1v) is 9.40. The monoisotopic (exact) mass is 415 g/mol. The van der Waals surface area contributed by atoms with Crippen LogP contribution in [0.3, 0.4) is 0 Å². The van der Waals surface area contributed by atoms with E-state index in [1.807, 2.05) is 13.0 Å². The standard InChI is InChI=1S/C22H17N5O4/c1-3-31-16-10-6-13(7-11-16)19-24-17(12-23)18-20(26-19)27(22(29)25-18)15-8-4-14(5-9-15)21(28)30-2/h4-11H,3H2,1-2H3,(H,25,29). The van der Waals surface area contributed by atoms with Crippen molar-refractivity contribution in [2.45, 2.75) is 6.92 Å². The van der Waals surface area contributed by atoms with Gasteiger partial charge in [-0.25, -0.2) is 24.1 Å². The van der Waals surface area contributed by atoms with Gasteiger partial charge in [0.25, 0.3) is 0 Å². The summed E-state index contributed by atoms with van der Waals surface area (Å²) in [6.07, 6.45) is 0. The van der Waals surface area contributed by atoms with E-state index in [0.29, 0.717) is 35.0 Å². The Bertz CT molecular complexity index is 1360. The van der Waals surface area contributed by atoms with Crippen molar-refractivity contribution in [2.75, 3.05) is 13.7 Å². The number of esters is 1. The number of aromatic amines is 1. The van der Waals surface area contributed by atoms with E-state index in [2.05, 4.69) is 15.0 Å². The number of methoxy groups -OCH3 is 1. The van der Waals surface area contributed by atoms with Crippen LogP contribution in [-0.2, 0) is 4.74 Å². The largest absolute Gasteiger partial charge is 0.494 e. The summed E-state index contributed by atoms with van der Waals surface area (Å²) in [4.78, 5) is 35.8. The van der Waals surface area contributed by atoms with Crippen molar-refractivity contribution in [1.82, 2.24) is 19.5 Å². The smallest absolute Gasteiger partial charge is 0.337 e. The molecular formula is C22H17N5O4. The van der Waals surface area contributed by atoms with Gasteiger partial charge in [-0.3, -0.25) is 0 Å². The van der Waals surface area contributed by atoms with E-state index in [1.54, 1.807) is 48.5 Å². The number of carbonyl (C=O) groups excluding carboxylic acids is 1. The third-order valence-electron chi connectivity index (χ3n) is 4.61. The molecule has 2 aromatic carbocycles. The summed E-state index contributed by atoms with van der Waals surface area (Å²) >= 11 is 0. The van der Waals surface area contributed by atoms with Crippen LogP contribution >= 0.6 is 0 Å². The number of nitrogens with one attached hydrogen (secondary N) is 1. The number of aromatic nitrogens is 4. The molecule has 4 rings (SSSR count). The van der Waals surface area contributed by atoms with Crippen molar-refractivity contribution in [1.29, 1.82) is 5.26 Å². The van der Waals surface area contributed by atoms with E-state index < -0.39 is 11.7 Å². The van der Waals surface area contributed by atoms with Crippen molar-refractivity contribution in [3.8, 4) is 28.9 Å². The summed E-state index contributed by atoms with van der Waals surface area (Å²) in [6, 6.07) is 15.5. The van der Waals surface area contributed by atoms with Crippen molar-refractivity contribution in [3.05, 3.63) is 70.3 Å². The van der Waals surface area contributed by atoms with Gasteiger partial charge >= 0.3 is 11.7 Å². The van der Waals surface area contributed by atoms with Crippen LogP contribution in [0.15, 0.2) is 53.3 Å². The summed E-state index contributed by atoms with van der Waals surface area (Å²) in [6.45, 7) is 2.44. The van der Waals surface area contributed by atoms with Gasteiger partial charge in [-0.2, -0.15) is 5.26 Å². The first kappa shape index (κ1) is 19.8. The highest BCUT2D eigenvalue weighted by atomic mass is 16.5. The molecule has 1 N–H and O–H groups in total. The van der Waals surface area contributed by atoms with Crippen LogP contribution in [0.4, 0.5) is 0 Å². The molecule has 2 heterocycles. The summed E-state index contributed by atoms with van der Waals surface area (Å²) in [5.74, 6) is 0.521. The van der Waals surface area contributed by atoms with Gasteiger partial charge in [-0.15, -0.1) is 0 Å². The molecule has 9 heteroatoms. The second-order valence-corrected chi connectivity index (χ2v) is 6.47. The van der Waals surface area contributed by atoms with E-state index in [9.17, 15) is 14.9 Å². The number of nitrogens with zero attached hydrogens (tertiary/aromatic N) is 4. The van der Waals surface area contributed by atoms with Crippen LogP contribution in [0.2, 0.25) is 0 Å². The fourth-order valence-corrected chi connectivity index (χ4v) is 3.17. The minimum atomic E-state index is -0.482. The van der Waals surface area contributed by atoms with E-state index >= 15 is 0 Å². The summed E-state index contributed by atoms with van der Waals surface area (Å²) < 4.78 is 11.5. The van der Waals surface area contributed by atoms with Gasteiger partial charge in [0.2, 0.25) is 0 Å². The number of fused-ring (bicyclic) bond motifs is 1. The van der Waals surface area contributed by atoms with Crippen molar-refractivity contribution in [3.63, 3.8) is 0 Å². The van der Waals surface area contributed by atoms with E-state index in [4.69, 9.17) is 9.47 Å². The molecule has 0 radical (unpaired) electrons. The molecule has 0 aliphatic carbocycles. The van der Waals surface area contributed by atoms with E-state index in [1.165, 1.54) is 11.7 Å². The molecule has 154 valence electrons. The van der Waals surface area contributed by atoms with Crippen LogP contribution < -0.4 is 10.4 Å². The van der Waals surface area contributed by atoms with Gasteiger partial charge < -0.3 is 14.5 Å². The molecule has 0 unspecified atom stereocenters. The number of nitriles is 1. The van der Waals surface area contributed by atoms with Gasteiger partial charge in [-0.1, -0.05) is 0 Å². The second-order valence-electron chi connectivity index (χ2n) is 6.47. The van der Waals surface area contributed by atoms with E-state index in [-0.39, 0.29) is 16.9 Å². The maximum absolute atomic E-state index is 12.7. The van der Waals surface area contributed by atoms with Crippen LogP contribution in [0.25, 0.3) is 28.2 Å². The predicted molar refractivity (Wildman–Crippen MR) is 112 cm³/mol. The van der Waals surface area contributed by atoms with Crippen molar-refractivity contribution < 1.29 is 14.3 Å². The second kappa shape index (κ2) is 8.12. The maximum atomic E-state index is 12.7. The molecule has 0 aliphatic rings. The summed E-state index contributed by atoms with van der Waals surface area (Å²) in [5, 5.41) is 9.57. The molecule has 0 saturated carbocycles. The minimum Gasteiger partial charge on any atom is -0.494 e. The lowest BCUT2D eigenvalue weighted by atomic mass is 10.2. The predicted octanol–water partition coefficient (Wildman–Crippen LogP) is 2.83. The first-order chi connectivity index (χ1) is 15.0. The molecule has 0 bridgehead atoms. The zero-order chi connectivity index (χ0) is 22.0. The van der Waals surface area contributed by atoms with Gasteiger partial charge in [-0.05, 0) is 55.5 Å². The Morgan fingerprint density at radius 1 is 1.13 bits per heavy atom. The van der Waals surface area contributed by atoms with Crippen LogP contribution in [-0.4, -0.2) is 39.2 Å². The zero-order valence-corrected chi connectivity index (χ0v) is 16.7. The highest BCUT2D eigenvalue weighted by molar-refractivity contribution is 5.89. The van der Waals surface area contributed by atoms with Gasteiger partial charge in [0.1, 0.15) is 17.3 Å². The van der Waals surface area contributed by atoms with Gasteiger partial charge in [0.15, 0.2) is 17.2 Å². The lowest BCUT2D eigenvalue weighted by Gasteiger charge is -2.07.